The highest BCUT2D eigenvalue weighted by Gasteiger charge is 2.27. The van der Waals surface area contributed by atoms with E-state index < -0.39 is 0 Å². The van der Waals surface area contributed by atoms with Crippen LogP contribution in [0.15, 0.2) is 153 Å². The number of pyridine rings is 2. The van der Waals surface area contributed by atoms with Crippen LogP contribution in [0, 0.1) is 0 Å². The first kappa shape index (κ1) is 36.5. The Morgan fingerprint density at radius 2 is 1.39 bits per heavy atom. The lowest BCUT2D eigenvalue weighted by molar-refractivity contribution is 0.0952. The largest absolute Gasteiger partial charge is 0.355 e. The SMILES string of the molecule is CNC(=O)c1ccccc1Sc1ccc2c(C(Cc3ccccn3)n3nc(/C=C\c4ccccn4)c4cccc(Sc5ccccc5C(=O)NC)c43)[nH]nc2c1. The first-order chi connectivity index (χ1) is 27.5. The van der Waals surface area contributed by atoms with Crippen molar-refractivity contribution in [3.8, 4) is 0 Å². The highest BCUT2D eigenvalue weighted by Crippen LogP contribution is 2.40. The number of hydrogen-bond donors (Lipinski definition) is 3. The van der Waals surface area contributed by atoms with Crippen molar-refractivity contribution in [2.24, 2.45) is 0 Å². The van der Waals surface area contributed by atoms with Crippen molar-refractivity contribution < 1.29 is 9.59 Å². The molecule has 276 valence electrons. The molecule has 0 aliphatic rings. The second-order valence-electron chi connectivity index (χ2n) is 12.8. The number of nitrogens with one attached hydrogen (secondary N) is 3. The molecule has 0 spiro atoms. The van der Waals surface area contributed by atoms with Gasteiger partial charge in [-0.15, -0.1) is 0 Å². The summed E-state index contributed by atoms with van der Waals surface area (Å²) in [5, 5.41) is 21.0. The summed E-state index contributed by atoms with van der Waals surface area (Å²) < 4.78 is 2.07. The van der Waals surface area contributed by atoms with Crippen LogP contribution in [0.3, 0.4) is 0 Å². The molecule has 2 amide bonds. The number of para-hydroxylation sites is 1. The molecule has 0 aliphatic carbocycles. The summed E-state index contributed by atoms with van der Waals surface area (Å²) in [6, 6.07) is 38.9. The molecular formula is C44H36N8O2S2. The van der Waals surface area contributed by atoms with Gasteiger partial charge in [0.2, 0.25) is 0 Å². The zero-order chi connectivity index (χ0) is 38.4. The maximum absolute atomic E-state index is 13.0. The maximum atomic E-state index is 13.0. The molecule has 3 N–H and O–H groups in total. The summed E-state index contributed by atoms with van der Waals surface area (Å²) in [7, 11) is 3.28. The van der Waals surface area contributed by atoms with Gasteiger partial charge in [0.1, 0.15) is 6.04 Å². The minimum Gasteiger partial charge on any atom is -0.355 e. The Morgan fingerprint density at radius 1 is 0.714 bits per heavy atom. The number of rotatable bonds is 12. The smallest absolute Gasteiger partial charge is 0.252 e. The van der Waals surface area contributed by atoms with Crippen molar-refractivity contribution in [1.82, 2.24) is 40.6 Å². The molecule has 1 atom stereocenters. The Bertz CT molecular complexity index is 2710. The molecule has 0 bridgehead atoms. The summed E-state index contributed by atoms with van der Waals surface area (Å²) in [5.41, 5.74) is 6.26. The summed E-state index contributed by atoms with van der Waals surface area (Å²) in [5.74, 6) is -0.289. The molecule has 0 fully saturated rings. The number of nitrogens with zero attached hydrogens (tertiary/aromatic N) is 5. The Balaban J connectivity index is 1.28. The fraction of sp³-hybridized carbons (Fsp3) is 0.0909. The fourth-order valence-electron chi connectivity index (χ4n) is 6.61. The van der Waals surface area contributed by atoms with Crippen molar-refractivity contribution in [1.29, 1.82) is 0 Å². The number of hydrogen-bond acceptors (Lipinski definition) is 8. The van der Waals surface area contributed by atoms with Crippen molar-refractivity contribution in [2.45, 2.75) is 32.0 Å². The Labute approximate surface area is 331 Å². The second-order valence-corrected chi connectivity index (χ2v) is 15.0. The summed E-state index contributed by atoms with van der Waals surface area (Å²) in [4.78, 5) is 38.4. The minimum atomic E-state index is -0.363. The van der Waals surface area contributed by atoms with E-state index in [-0.39, 0.29) is 17.9 Å². The molecule has 0 aliphatic heterocycles. The average Bonchev–Trinajstić information content (AvgIpc) is 3.84. The number of carbonyl (C=O) groups excluding carboxylic acids is 2. The lowest BCUT2D eigenvalue weighted by atomic mass is 10.0. The summed E-state index contributed by atoms with van der Waals surface area (Å²) >= 11 is 3.05. The molecule has 1 unspecified atom stereocenters. The second kappa shape index (κ2) is 16.5. The van der Waals surface area contributed by atoms with Gasteiger partial charge in [0.15, 0.2) is 0 Å². The number of fused-ring (bicyclic) bond motifs is 2. The van der Waals surface area contributed by atoms with Gasteiger partial charge >= 0.3 is 0 Å². The molecule has 12 heteroatoms. The fourth-order valence-corrected chi connectivity index (χ4v) is 8.69. The number of aromatic nitrogens is 6. The monoisotopic (exact) mass is 772 g/mol. The number of aromatic amines is 1. The molecule has 10 nitrogen and oxygen atoms in total. The molecular weight excluding hydrogens is 737 g/mol. The molecule has 0 radical (unpaired) electrons. The molecule has 56 heavy (non-hydrogen) atoms. The van der Waals surface area contributed by atoms with E-state index in [0.29, 0.717) is 17.5 Å². The van der Waals surface area contributed by atoms with Crippen LogP contribution < -0.4 is 10.6 Å². The standard InChI is InChI=1S/C44H36N8O2S2/c1-45-43(53)33-14-3-5-17-38(33)55-30-21-22-31-36(27-30)49-50-41(31)37(26-29-13-8-10-25-48-29)52-42-32(35(51-52)23-20-28-12-7-9-24-47-28)16-11-19-40(42)56-39-18-6-4-15-34(39)44(54)46-2/h3-25,27,37H,26H2,1-2H3,(H,45,53)(H,46,54)(H,49,50)/b23-20-. The number of H-pyrrole nitrogens is 1. The van der Waals surface area contributed by atoms with Crippen LogP contribution in [-0.4, -0.2) is 55.9 Å². The lowest BCUT2D eigenvalue weighted by Crippen LogP contribution is -2.18. The highest BCUT2D eigenvalue weighted by atomic mass is 32.2. The van der Waals surface area contributed by atoms with E-state index in [0.717, 1.165) is 64.2 Å². The van der Waals surface area contributed by atoms with Crippen molar-refractivity contribution in [3.63, 3.8) is 0 Å². The van der Waals surface area contributed by atoms with Gasteiger partial charge in [-0.2, -0.15) is 10.2 Å². The van der Waals surface area contributed by atoms with Crippen LogP contribution in [0.4, 0.5) is 0 Å². The van der Waals surface area contributed by atoms with Crippen LogP contribution in [0.2, 0.25) is 0 Å². The molecule has 8 rings (SSSR count). The molecule has 4 aromatic heterocycles. The van der Waals surface area contributed by atoms with Gasteiger partial charge in [-0.05, 0) is 84.9 Å². The zero-order valence-electron chi connectivity index (χ0n) is 30.5. The van der Waals surface area contributed by atoms with Crippen LogP contribution in [0.1, 0.15) is 49.5 Å². The predicted octanol–water partition coefficient (Wildman–Crippen LogP) is 8.73. The lowest BCUT2D eigenvalue weighted by Gasteiger charge is -2.19. The minimum absolute atomic E-state index is 0.135. The van der Waals surface area contributed by atoms with E-state index in [2.05, 4.69) is 49.7 Å². The van der Waals surface area contributed by atoms with Crippen LogP contribution in [0.5, 0.6) is 0 Å². The molecule has 8 aromatic rings. The van der Waals surface area contributed by atoms with E-state index in [1.54, 1.807) is 26.5 Å². The molecule has 0 saturated heterocycles. The van der Waals surface area contributed by atoms with Gasteiger partial charge in [0, 0.05) is 69.0 Å². The topological polar surface area (TPSA) is 130 Å². The van der Waals surface area contributed by atoms with Gasteiger partial charge in [-0.1, -0.05) is 72.1 Å². The van der Waals surface area contributed by atoms with Gasteiger partial charge < -0.3 is 10.6 Å². The summed E-state index contributed by atoms with van der Waals surface area (Å²) in [6.45, 7) is 0. The third-order valence-electron chi connectivity index (χ3n) is 9.30. The third kappa shape index (κ3) is 7.57. The number of benzene rings is 4. The van der Waals surface area contributed by atoms with E-state index in [1.807, 2.05) is 109 Å². The molecule has 4 aromatic carbocycles. The van der Waals surface area contributed by atoms with E-state index in [1.165, 1.54) is 23.5 Å². The van der Waals surface area contributed by atoms with Crippen LogP contribution in [-0.2, 0) is 6.42 Å². The van der Waals surface area contributed by atoms with E-state index in [4.69, 9.17) is 15.2 Å². The zero-order valence-corrected chi connectivity index (χ0v) is 32.1. The van der Waals surface area contributed by atoms with Gasteiger partial charge in [-0.3, -0.25) is 29.3 Å². The van der Waals surface area contributed by atoms with Crippen molar-refractivity contribution in [3.05, 3.63) is 168 Å². The van der Waals surface area contributed by atoms with E-state index in [9.17, 15) is 9.59 Å². The average molecular weight is 773 g/mol. The maximum Gasteiger partial charge on any atom is 0.252 e. The normalized spacial score (nSPS) is 12.0. The third-order valence-corrected chi connectivity index (χ3v) is 11.5. The van der Waals surface area contributed by atoms with Crippen LogP contribution in [0.25, 0.3) is 34.0 Å². The first-order valence-electron chi connectivity index (χ1n) is 18.0. The highest BCUT2D eigenvalue weighted by molar-refractivity contribution is 7.99. The van der Waals surface area contributed by atoms with Crippen molar-refractivity contribution in [2.75, 3.05) is 14.1 Å². The van der Waals surface area contributed by atoms with Gasteiger partial charge in [-0.25, -0.2) is 0 Å². The van der Waals surface area contributed by atoms with Gasteiger partial charge in [0.05, 0.1) is 39.2 Å². The van der Waals surface area contributed by atoms with Crippen molar-refractivity contribution >= 4 is 69.3 Å². The number of carbonyl (C=O) groups is 2. The Kier molecular flexibility index (Phi) is 10.7. The Morgan fingerprint density at radius 3 is 2.09 bits per heavy atom. The number of amides is 2. The van der Waals surface area contributed by atoms with E-state index >= 15 is 0 Å². The molecule has 0 saturated carbocycles. The first-order valence-corrected chi connectivity index (χ1v) is 19.6. The molecule has 4 heterocycles. The summed E-state index contributed by atoms with van der Waals surface area (Å²) in [6.07, 6.45) is 8.05. The quantitative estimate of drug-likeness (QED) is 0.112. The van der Waals surface area contributed by atoms with Gasteiger partial charge in [0.25, 0.3) is 11.8 Å². The Hall–Kier alpha value is -6.50. The predicted molar refractivity (Wildman–Crippen MR) is 223 cm³/mol. The van der Waals surface area contributed by atoms with Crippen LogP contribution >= 0.6 is 23.5 Å².